The van der Waals surface area contributed by atoms with E-state index in [2.05, 4.69) is 27.4 Å². The van der Waals surface area contributed by atoms with Crippen LogP contribution in [0.25, 0.3) is 11.5 Å². The lowest BCUT2D eigenvalue weighted by Crippen LogP contribution is -2.38. The van der Waals surface area contributed by atoms with Crippen molar-refractivity contribution in [3.63, 3.8) is 0 Å². The summed E-state index contributed by atoms with van der Waals surface area (Å²) in [7, 11) is 0. The van der Waals surface area contributed by atoms with Gasteiger partial charge in [-0.2, -0.15) is 5.26 Å². The fourth-order valence-electron chi connectivity index (χ4n) is 3.94. The average molecular weight is 523 g/mol. The van der Waals surface area contributed by atoms with Crippen molar-refractivity contribution >= 4 is 46.0 Å². The number of aliphatic hydroxyl groups excluding tert-OH is 1. The predicted molar refractivity (Wildman–Crippen MR) is 143 cm³/mol. The molecule has 0 saturated carbocycles. The van der Waals surface area contributed by atoms with E-state index in [4.69, 9.17) is 0 Å². The molecule has 2 amide bonds. The van der Waals surface area contributed by atoms with Crippen molar-refractivity contribution in [3.8, 4) is 6.07 Å². The molecule has 0 unspecified atom stereocenters. The number of hydrogen-bond acceptors (Lipinski definition) is 8. The van der Waals surface area contributed by atoms with Crippen LogP contribution in [0.15, 0.2) is 40.8 Å². The average Bonchev–Trinajstić information content (AvgIpc) is 3.45. The highest BCUT2D eigenvalue weighted by atomic mass is 32.1. The number of thiazole rings is 1. The molecule has 1 aliphatic heterocycles. The fraction of sp³-hybridized carbons (Fsp3) is 0.385. The monoisotopic (exact) mass is 522 g/mol. The third-order valence-corrected chi connectivity index (χ3v) is 6.76. The Morgan fingerprint density at radius 3 is 2.78 bits per heavy atom. The molecule has 0 bridgehead atoms. The number of likely N-dealkylation sites (tertiary alicyclic amines) is 1. The number of aliphatic hydroxyl groups is 1. The number of rotatable bonds is 9. The van der Waals surface area contributed by atoms with Crippen LogP contribution in [0.5, 0.6) is 0 Å². The summed E-state index contributed by atoms with van der Waals surface area (Å²) in [5, 5.41) is 27.2. The van der Waals surface area contributed by atoms with Gasteiger partial charge in [0.05, 0.1) is 13.2 Å². The zero-order valence-corrected chi connectivity index (χ0v) is 21.7. The summed E-state index contributed by atoms with van der Waals surface area (Å²) in [5.41, 5.74) is 6.47. The molecule has 1 fully saturated rings. The Hall–Kier alpha value is -3.90. The molecular formula is C26H30N6O4S. The molecular weight excluding hydrogens is 492 g/mol. The van der Waals surface area contributed by atoms with E-state index in [9.17, 15) is 24.8 Å². The smallest absolute Gasteiger partial charge is 0.277 e. The quantitative estimate of drug-likeness (QED) is 0.274. The van der Waals surface area contributed by atoms with Crippen LogP contribution in [-0.2, 0) is 16.1 Å². The van der Waals surface area contributed by atoms with Gasteiger partial charge in [-0.15, -0.1) is 0 Å². The molecule has 1 saturated heterocycles. The number of aromatic nitrogens is 1. The van der Waals surface area contributed by atoms with E-state index >= 15 is 0 Å². The standard InChI is InChI=1S/C26H30N6O4S/c1-3-28-25(35)18(15-27)13-24-32(4-2)26(36)22(37-24)10-11-29-19-7-5-8-20(14-19)30-23(34)16-31-12-6-9-21(31)17-33/h5,7-8,11,14,21,29,33H,3-4,6,9,12,16-17H2,1-2H3,(H,28,35)(H,30,34)/t10?,13?,21-/m0/s1. The third kappa shape index (κ3) is 7.30. The highest BCUT2D eigenvalue weighted by Crippen LogP contribution is 2.18. The minimum atomic E-state index is -0.545. The molecule has 37 heavy (non-hydrogen) atoms. The minimum Gasteiger partial charge on any atom is -0.395 e. The van der Waals surface area contributed by atoms with Gasteiger partial charge >= 0.3 is 0 Å². The minimum absolute atomic E-state index is 0.0302. The number of likely N-dealkylation sites (N-methyl/N-ethyl adjacent to an activating group) is 1. The summed E-state index contributed by atoms with van der Waals surface area (Å²) < 4.78 is 2.07. The van der Waals surface area contributed by atoms with Crippen LogP contribution in [0.3, 0.4) is 0 Å². The molecule has 10 nitrogen and oxygen atoms in total. The second kappa shape index (κ2) is 13.4. The molecule has 2 aromatic rings. The van der Waals surface area contributed by atoms with Crippen molar-refractivity contribution in [1.82, 2.24) is 14.8 Å². The van der Waals surface area contributed by atoms with Gasteiger partial charge in [0.2, 0.25) is 5.91 Å². The first kappa shape index (κ1) is 27.7. The van der Waals surface area contributed by atoms with Gasteiger partial charge in [-0.05, 0) is 51.4 Å². The van der Waals surface area contributed by atoms with E-state index in [0.29, 0.717) is 33.7 Å². The third-order valence-electron chi connectivity index (χ3n) is 5.75. The number of nitrogens with one attached hydrogen (secondary N) is 3. The Morgan fingerprint density at radius 1 is 1.30 bits per heavy atom. The van der Waals surface area contributed by atoms with Gasteiger partial charge in [0, 0.05) is 36.7 Å². The summed E-state index contributed by atoms with van der Waals surface area (Å²) in [6.45, 7) is 5.32. The van der Waals surface area contributed by atoms with E-state index < -0.39 is 5.91 Å². The molecule has 0 aliphatic carbocycles. The number of nitriles is 1. The van der Waals surface area contributed by atoms with E-state index in [1.165, 1.54) is 10.8 Å². The first-order valence-corrected chi connectivity index (χ1v) is 12.9. The zero-order valence-electron chi connectivity index (χ0n) is 20.8. The van der Waals surface area contributed by atoms with Crippen LogP contribution in [0.2, 0.25) is 0 Å². The summed E-state index contributed by atoms with van der Waals surface area (Å²) in [5.74, 6) is -0.698. The second-order valence-electron chi connectivity index (χ2n) is 8.27. The van der Waals surface area contributed by atoms with Crippen LogP contribution in [-0.4, -0.2) is 58.7 Å². The molecule has 0 spiro atoms. The Morgan fingerprint density at radius 2 is 2.08 bits per heavy atom. The van der Waals surface area contributed by atoms with Gasteiger partial charge in [0.1, 0.15) is 15.3 Å². The molecule has 1 aliphatic rings. The lowest BCUT2D eigenvalue weighted by molar-refractivity contribution is -0.118. The zero-order chi connectivity index (χ0) is 26.8. The molecule has 1 aromatic carbocycles. The Kier molecular flexibility index (Phi) is 10.0. The molecule has 0 radical (unpaired) electrons. The van der Waals surface area contributed by atoms with E-state index in [1.807, 2.05) is 17.0 Å². The van der Waals surface area contributed by atoms with Gasteiger partial charge in [0.25, 0.3) is 11.5 Å². The van der Waals surface area contributed by atoms with Crippen LogP contribution >= 0.6 is 11.3 Å². The lowest BCUT2D eigenvalue weighted by atomic mass is 10.2. The van der Waals surface area contributed by atoms with Crippen molar-refractivity contribution in [2.45, 2.75) is 39.3 Å². The number of amides is 2. The highest BCUT2D eigenvalue weighted by Gasteiger charge is 2.25. The fourth-order valence-corrected chi connectivity index (χ4v) is 4.92. The highest BCUT2D eigenvalue weighted by molar-refractivity contribution is 7.07. The molecule has 1 atom stereocenters. The van der Waals surface area contributed by atoms with Gasteiger partial charge in [-0.1, -0.05) is 28.9 Å². The maximum absolute atomic E-state index is 12.8. The van der Waals surface area contributed by atoms with Gasteiger partial charge < -0.3 is 21.1 Å². The lowest BCUT2D eigenvalue weighted by Gasteiger charge is -2.21. The predicted octanol–water partition coefficient (Wildman–Crippen LogP) is 0.296. The molecule has 1 aromatic heterocycles. The van der Waals surface area contributed by atoms with E-state index in [-0.39, 0.29) is 36.2 Å². The normalized spacial score (nSPS) is 14.7. The molecule has 2 heterocycles. The maximum atomic E-state index is 12.8. The Bertz CT molecular complexity index is 1440. The number of nitrogens with zero attached hydrogens (tertiary/aromatic N) is 3. The number of anilines is 2. The number of hydrogen-bond donors (Lipinski definition) is 4. The molecule has 3 rings (SSSR count). The van der Waals surface area contributed by atoms with Gasteiger partial charge in [0.15, 0.2) is 5.57 Å². The van der Waals surface area contributed by atoms with Crippen LogP contribution < -0.4 is 30.7 Å². The van der Waals surface area contributed by atoms with Crippen LogP contribution in [0.4, 0.5) is 11.4 Å². The summed E-state index contributed by atoms with van der Waals surface area (Å²) in [6.07, 6.45) is 3.35. The Labute approximate surface area is 218 Å². The molecule has 11 heteroatoms. The summed E-state index contributed by atoms with van der Waals surface area (Å²) in [6, 6.07) is 8.99. The largest absolute Gasteiger partial charge is 0.395 e. The molecule has 4 N–H and O–H groups in total. The van der Waals surface area contributed by atoms with E-state index in [0.717, 1.165) is 30.7 Å². The van der Waals surface area contributed by atoms with Crippen molar-refractivity contribution in [2.75, 3.05) is 36.9 Å². The van der Waals surface area contributed by atoms with Crippen molar-refractivity contribution in [3.05, 3.63) is 55.6 Å². The van der Waals surface area contributed by atoms with Crippen LogP contribution in [0, 0.1) is 11.3 Å². The second-order valence-corrected chi connectivity index (χ2v) is 9.27. The number of benzene rings is 1. The topological polar surface area (TPSA) is 139 Å². The molecule has 194 valence electrons. The van der Waals surface area contributed by atoms with Crippen molar-refractivity contribution in [1.29, 1.82) is 5.26 Å². The number of carbonyl (C=O) groups is 2. The SMILES string of the molecule is CCNC(=O)C(=C=c1sc(=C=CNc2cccc(NC(=O)CN3CCC[C@H]3CO)c2)c(=O)n1CC)C#N. The first-order chi connectivity index (χ1) is 17.9. The van der Waals surface area contributed by atoms with Gasteiger partial charge in [-0.3, -0.25) is 23.9 Å². The maximum Gasteiger partial charge on any atom is 0.277 e. The summed E-state index contributed by atoms with van der Waals surface area (Å²) in [4.78, 5) is 39.2. The Balaban J connectivity index is 1.80. The van der Waals surface area contributed by atoms with Crippen molar-refractivity contribution in [2.24, 2.45) is 0 Å². The summed E-state index contributed by atoms with van der Waals surface area (Å²) >= 11 is 1.08. The van der Waals surface area contributed by atoms with E-state index in [1.54, 1.807) is 32.0 Å². The van der Waals surface area contributed by atoms with Crippen LogP contribution in [0.1, 0.15) is 26.7 Å². The number of carbonyl (C=O) groups excluding carboxylic acids is 2. The van der Waals surface area contributed by atoms with Gasteiger partial charge in [-0.25, -0.2) is 0 Å². The van der Waals surface area contributed by atoms with Crippen molar-refractivity contribution < 1.29 is 14.7 Å². The first-order valence-electron chi connectivity index (χ1n) is 12.1.